The van der Waals surface area contributed by atoms with Crippen LogP contribution in [0.4, 0.5) is 0 Å². The lowest BCUT2D eigenvalue weighted by Crippen LogP contribution is -2.47. The van der Waals surface area contributed by atoms with E-state index in [1.165, 1.54) is 6.33 Å². The van der Waals surface area contributed by atoms with E-state index in [-0.39, 0.29) is 11.9 Å². The van der Waals surface area contributed by atoms with Gasteiger partial charge in [0.2, 0.25) is 5.91 Å². The molecule has 5 nitrogen and oxygen atoms in total. The molecular weight excluding hydrogens is 192 g/mol. The van der Waals surface area contributed by atoms with Crippen LogP contribution in [-0.2, 0) is 11.3 Å². The summed E-state index contributed by atoms with van der Waals surface area (Å²) in [7, 11) is 0. The predicted octanol–water partition coefficient (Wildman–Crippen LogP) is -0.155. The number of nitrogens with zero attached hydrogens (tertiary/aromatic N) is 2. The van der Waals surface area contributed by atoms with E-state index in [2.05, 4.69) is 20.6 Å². The summed E-state index contributed by atoms with van der Waals surface area (Å²) in [5, 5.41) is 6.03. The molecule has 0 bridgehead atoms. The number of carbonyl (C=O) groups excluding carboxylic acids is 1. The van der Waals surface area contributed by atoms with Crippen LogP contribution in [-0.4, -0.2) is 28.5 Å². The van der Waals surface area contributed by atoms with Gasteiger partial charge in [-0.25, -0.2) is 9.97 Å². The summed E-state index contributed by atoms with van der Waals surface area (Å²) in [6.07, 6.45) is 6.94. The second kappa shape index (κ2) is 4.84. The minimum absolute atomic E-state index is 0.0704. The largest absolute Gasteiger partial charge is 0.355 e. The zero-order chi connectivity index (χ0) is 10.5. The molecule has 0 spiro atoms. The van der Waals surface area contributed by atoms with E-state index in [1.807, 2.05) is 0 Å². The summed E-state index contributed by atoms with van der Waals surface area (Å²) in [5.74, 6) is 0.0955. The number of rotatable bonds is 3. The number of piperidine rings is 1. The Hall–Kier alpha value is -1.49. The van der Waals surface area contributed by atoms with Crippen LogP contribution in [0, 0.1) is 0 Å². The summed E-state index contributed by atoms with van der Waals surface area (Å²) in [6, 6.07) is -0.0704. The summed E-state index contributed by atoms with van der Waals surface area (Å²) >= 11 is 0. The van der Waals surface area contributed by atoms with E-state index in [4.69, 9.17) is 0 Å². The number of carbonyl (C=O) groups is 1. The average molecular weight is 206 g/mol. The Morgan fingerprint density at radius 1 is 1.47 bits per heavy atom. The Kier molecular flexibility index (Phi) is 3.24. The minimum atomic E-state index is -0.0704. The van der Waals surface area contributed by atoms with Gasteiger partial charge >= 0.3 is 0 Å². The zero-order valence-corrected chi connectivity index (χ0v) is 8.44. The van der Waals surface area contributed by atoms with Crippen molar-refractivity contribution in [1.82, 2.24) is 20.6 Å². The highest BCUT2D eigenvalue weighted by Crippen LogP contribution is 2.04. The van der Waals surface area contributed by atoms with Crippen molar-refractivity contribution in [3.05, 3.63) is 24.3 Å². The summed E-state index contributed by atoms with van der Waals surface area (Å²) in [5.41, 5.74) is 0.996. The molecule has 1 amide bonds. The molecule has 1 atom stereocenters. The maximum atomic E-state index is 11.4. The second-order valence-corrected chi connectivity index (χ2v) is 3.61. The molecule has 1 unspecified atom stereocenters. The third kappa shape index (κ3) is 2.73. The van der Waals surface area contributed by atoms with Crippen LogP contribution in [0.2, 0.25) is 0 Å². The van der Waals surface area contributed by atoms with Gasteiger partial charge in [-0.3, -0.25) is 4.79 Å². The van der Waals surface area contributed by atoms with Crippen molar-refractivity contribution in [2.24, 2.45) is 0 Å². The molecule has 2 rings (SSSR count). The van der Waals surface area contributed by atoms with Gasteiger partial charge < -0.3 is 10.6 Å². The van der Waals surface area contributed by atoms with Gasteiger partial charge in [-0.05, 0) is 12.8 Å². The molecule has 1 aromatic rings. The van der Waals surface area contributed by atoms with Crippen LogP contribution >= 0.6 is 0 Å². The van der Waals surface area contributed by atoms with E-state index in [0.717, 1.165) is 24.9 Å². The van der Waals surface area contributed by atoms with Crippen molar-refractivity contribution in [1.29, 1.82) is 0 Å². The number of hydrogen-bond donors (Lipinski definition) is 2. The van der Waals surface area contributed by atoms with Crippen molar-refractivity contribution in [2.45, 2.75) is 25.4 Å². The van der Waals surface area contributed by atoms with E-state index in [0.29, 0.717) is 6.54 Å². The molecule has 2 N–H and O–H groups in total. The highest BCUT2D eigenvalue weighted by Gasteiger charge is 2.20. The molecular formula is C10H14N4O. The first-order valence-corrected chi connectivity index (χ1v) is 5.11. The molecule has 80 valence electrons. The molecule has 1 fully saturated rings. The van der Waals surface area contributed by atoms with Crippen LogP contribution in [0.3, 0.4) is 0 Å². The van der Waals surface area contributed by atoms with E-state index >= 15 is 0 Å². The van der Waals surface area contributed by atoms with Crippen LogP contribution in [0.1, 0.15) is 18.4 Å². The topological polar surface area (TPSA) is 66.9 Å². The maximum Gasteiger partial charge on any atom is 0.237 e. The first-order valence-electron chi connectivity index (χ1n) is 5.11. The maximum absolute atomic E-state index is 11.4. The fourth-order valence-electron chi connectivity index (χ4n) is 1.63. The summed E-state index contributed by atoms with van der Waals surface area (Å²) in [6.45, 7) is 1.43. The fourth-order valence-corrected chi connectivity index (χ4v) is 1.63. The van der Waals surface area contributed by atoms with Gasteiger partial charge in [0, 0.05) is 31.0 Å². The third-order valence-corrected chi connectivity index (χ3v) is 2.45. The molecule has 15 heavy (non-hydrogen) atoms. The summed E-state index contributed by atoms with van der Waals surface area (Å²) in [4.78, 5) is 19.2. The average Bonchev–Trinajstić information content (AvgIpc) is 2.29. The fraction of sp³-hybridized carbons (Fsp3) is 0.500. The molecule has 1 aliphatic rings. The SMILES string of the molecule is O=C1NCCCC1NCc1cncnc1. The Morgan fingerprint density at radius 2 is 2.27 bits per heavy atom. The zero-order valence-electron chi connectivity index (χ0n) is 8.44. The Bertz CT molecular complexity index is 327. The standard InChI is InChI=1S/C10H14N4O/c15-10-9(2-1-3-13-10)14-6-8-4-11-7-12-5-8/h4-5,7,9,14H,1-3,6H2,(H,13,15). The van der Waals surface area contributed by atoms with Gasteiger partial charge in [0.05, 0.1) is 6.04 Å². The van der Waals surface area contributed by atoms with Gasteiger partial charge in [-0.2, -0.15) is 0 Å². The van der Waals surface area contributed by atoms with Crippen molar-refractivity contribution in [2.75, 3.05) is 6.54 Å². The number of amides is 1. The summed E-state index contributed by atoms with van der Waals surface area (Å²) < 4.78 is 0. The quantitative estimate of drug-likeness (QED) is 0.721. The highest BCUT2D eigenvalue weighted by atomic mass is 16.2. The van der Waals surface area contributed by atoms with Gasteiger partial charge in [0.15, 0.2) is 0 Å². The molecule has 0 radical (unpaired) electrons. The molecule has 1 aromatic heterocycles. The van der Waals surface area contributed by atoms with Gasteiger partial charge in [0.1, 0.15) is 6.33 Å². The Labute approximate surface area is 88.3 Å². The monoisotopic (exact) mass is 206 g/mol. The van der Waals surface area contributed by atoms with Crippen molar-refractivity contribution in [3.63, 3.8) is 0 Å². The Morgan fingerprint density at radius 3 is 3.00 bits per heavy atom. The van der Waals surface area contributed by atoms with Crippen LogP contribution in [0.5, 0.6) is 0 Å². The molecule has 1 aliphatic heterocycles. The molecule has 0 aliphatic carbocycles. The molecule has 0 aromatic carbocycles. The molecule has 5 heteroatoms. The number of aromatic nitrogens is 2. The number of nitrogens with one attached hydrogen (secondary N) is 2. The van der Waals surface area contributed by atoms with Crippen LogP contribution in [0.15, 0.2) is 18.7 Å². The molecule has 1 saturated heterocycles. The first kappa shape index (κ1) is 10.0. The highest BCUT2D eigenvalue weighted by molar-refractivity contribution is 5.82. The lowest BCUT2D eigenvalue weighted by atomic mass is 10.1. The molecule has 0 saturated carbocycles. The van der Waals surface area contributed by atoms with E-state index < -0.39 is 0 Å². The lowest BCUT2D eigenvalue weighted by molar-refractivity contribution is -0.124. The molecule has 2 heterocycles. The smallest absolute Gasteiger partial charge is 0.237 e. The minimum Gasteiger partial charge on any atom is -0.355 e. The van der Waals surface area contributed by atoms with Crippen molar-refractivity contribution in [3.8, 4) is 0 Å². The van der Waals surface area contributed by atoms with Crippen LogP contribution in [0.25, 0.3) is 0 Å². The first-order chi connectivity index (χ1) is 7.36. The number of hydrogen-bond acceptors (Lipinski definition) is 4. The van der Waals surface area contributed by atoms with Gasteiger partial charge in [-0.1, -0.05) is 0 Å². The van der Waals surface area contributed by atoms with Crippen LogP contribution < -0.4 is 10.6 Å². The Balaban J connectivity index is 1.85. The normalized spacial score (nSPS) is 21.1. The predicted molar refractivity (Wildman–Crippen MR) is 54.9 cm³/mol. The second-order valence-electron chi connectivity index (χ2n) is 3.61. The van der Waals surface area contributed by atoms with Gasteiger partial charge in [-0.15, -0.1) is 0 Å². The van der Waals surface area contributed by atoms with Crippen molar-refractivity contribution < 1.29 is 4.79 Å². The van der Waals surface area contributed by atoms with Crippen molar-refractivity contribution >= 4 is 5.91 Å². The third-order valence-electron chi connectivity index (χ3n) is 2.45. The lowest BCUT2D eigenvalue weighted by Gasteiger charge is -2.22. The van der Waals surface area contributed by atoms with Gasteiger partial charge in [0.25, 0.3) is 0 Å². The van der Waals surface area contributed by atoms with E-state index in [1.54, 1.807) is 12.4 Å². The van der Waals surface area contributed by atoms with E-state index in [9.17, 15) is 4.79 Å².